The van der Waals surface area contributed by atoms with Gasteiger partial charge in [0.05, 0.1) is 51.3 Å². The van der Waals surface area contributed by atoms with E-state index in [0.29, 0.717) is 74.0 Å². The zero-order valence-electron chi connectivity index (χ0n) is 42.8. The number of esters is 1. The van der Waals surface area contributed by atoms with Crippen molar-refractivity contribution in [3.63, 3.8) is 0 Å². The zero-order chi connectivity index (χ0) is 50.7. The molecule has 1 aromatic rings. The smallest absolute Gasteiger partial charge is 0.329 e. The van der Waals surface area contributed by atoms with E-state index in [2.05, 4.69) is 0 Å². The Morgan fingerprint density at radius 3 is 2.14 bits per heavy atom. The molecule has 5 rings (SSSR count). The van der Waals surface area contributed by atoms with Gasteiger partial charge >= 0.3 is 5.97 Å². The molecule has 15 unspecified atom stereocenters. The second-order valence-corrected chi connectivity index (χ2v) is 20.1. The van der Waals surface area contributed by atoms with Gasteiger partial charge in [0.1, 0.15) is 41.6 Å². The molecule has 0 radical (unpaired) electrons. The van der Waals surface area contributed by atoms with Crippen LogP contribution in [0.25, 0.3) is 0 Å². The molecule has 3 heterocycles. The van der Waals surface area contributed by atoms with Crippen molar-refractivity contribution in [3.8, 4) is 11.5 Å². The lowest BCUT2D eigenvalue weighted by Crippen LogP contribution is -2.64. The third-order valence-corrected chi connectivity index (χ3v) is 15.1. The predicted molar refractivity (Wildman–Crippen MR) is 256 cm³/mol. The summed E-state index contributed by atoms with van der Waals surface area (Å²) in [6, 6.07) is 4.03. The summed E-state index contributed by atoms with van der Waals surface area (Å²) in [6.07, 6.45) is 2.82. The number of cyclic esters (lactones) is 1. The number of amides is 1. The number of fused-ring (bicyclic) bond motifs is 3. The van der Waals surface area contributed by atoms with Crippen LogP contribution >= 0.6 is 0 Å². The fourth-order valence-corrected chi connectivity index (χ4v) is 10.9. The molecule has 1 amide bonds. The quantitative estimate of drug-likeness (QED) is 0.120. The summed E-state index contributed by atoms with van der Waals surface area (Å²) in [4.78, 5) is 58.5. The lowest BCUT2D eigenvalue weighted by Gasteiger charge is -2.47. The summed E-state index contributed by atoms with van der Waals surface area (Å²) in [5, 5.41) is 35.1. The molecule has 3 aliphatic heterocycles. The zero-order valence-corrected chi connectivity index (χ0v) is 42.8. The lowest BCUT2D eigenvalue weighted by atomic mass is 9.81. The summed E-state index contributed by atoms with van der Waals surface area (Å²) < 4.78 is 47.4. The Bertz CT molecular complexity index is 1930. The number of nitrogens with zero attached hydrogens (tertiary/aromatic N) is 1. The first kappa shape index (κ1) is 56.2. The molecule has 3 N–H and O–H groups in total. The van der Waals surface area contributed by atoms with Gasteiger partial charge in [-0.25, -0.2) is 4.79 Å². The van der Waals surface area contributed by atoms with Crippen LogP contribution in [0.15, 0.2) is 41.5 Å². The van der Waals surface area contributed by atoms with Crippen molar-refractivity contribution in [2.45, 2.75) is 173 Å². The number of ketones is 2. The molecule has 2 bridgehead atoms. The second kappa shape index (κ2) is 25.6. The van der Waals surface area contributed by atoms with E-state index in [1.807, 2.05) is 39.8 Å². The van der Waals surface area contributed by atoms with Crippen LogP contribution in [-0.2, 0) is 47.6 Å². The van der Waals surface area contributed by atoms with Gasteiger partial charge in [0.15, 0.2) is 0 Å². The number of allylic oxidation sites excluding steroid dienone is 3. The number of piperidine rings is 1. The number of carbonyl (C=O) groups excluding carboxylic acids is 4. The number of rotatable bonds is 12. The van der Waals surface area contributed by atoms with Crippen LogP contribution in [0.3, 0.4) is 0 Å². The Labute approximate surface area is 409 Å². The normalized spacial score (nSPS) is 36.3. The highest BCUT2D eigenvalue weighted by atomic mass is 16.7. The number of Topliss-reactive ketones (excluding diaryl/α,β-unsaturated/α-hetero) is 2. The first-order valence-electron chi connectivity index (χ1n) is 25.0. The highest BCUT2D eigenvalue weighted by Crippen LogP contribution is 2.40. The van der Waals surface area contributed by atoms with E-state index in [4.69, 9.17) is 37.9 Å². The van der Waals surface area contributed by atoms with Crippen molar-refractivity contribution in [1.29, 1.82) is 0 Å². The maximum absolute atomic E-state index is 14.6. The van der Waals surface area contributed by atoms with Gasteiger partial charge in [-0.05, 0) is 113 Å². The number of hydrogen-bond donors (Lipinski definition) is 3. The maximum Gasteiger partial charge on any atom is 0.329 e. The minimum atomic E-state index is -2.53. The van der Waals surface area contributed by atoms with Gasteiger partial charge in [-0.2, -0.15) is 0 Å². The number of ether oxygens (including phenoxy) is 8. The largest absolute Gasteiger partial charge is 0.497 e. The van der Waals surface area contributed by atoms with Gasteiger partial charge in [-0.15, -0.1) is 0 Å². The number of carbonyl (C=O) groups is 4. The molecule has 1 saturated carbocycles. The average Bonchev–Trinajstić information content (AvgIpc) is 3.35. The predicted octanol–water partition coefficient (Wildman–Crippen LogP) is 6.25. The van der Waals surface area contributed by atoms with Crippen molar-refractivity contribution in [2.24, 2.45) is 29.6 Å². The van der Waals surface area contributed by atoms with Crippen LogP contribution in [0.2, 0.25) is 0 Å². The minimum Gasteiger partial charge on any atom is -0.497 e. The molecule has 4 aliphatic rings. The average molecular weight is 972 g/mol. The highest BCUT2D eigenvalue weighted by molar-refractivity contribution is 6.39. The van der Waals surface area contributed by atoms with Gasteiger partial charge in [0.2, 0.25) is 5.79 Å². The van der Waals surface area contributed by atoms with E-state index in [1.54, 1.807) is 53.4 Å². The third-order valence-electron chi connectivity index (χ3n) is 15.1. The van der Waals surface area contributed by atoms with Crippen LogP contribution in [0.4, 0.5) is 0 Å². The Hall–Kier alpha value is -3.74. The molecule has 388 valence electrons. The van der Waals surface area contributed by atoms with E-state index < -0.39 is 83.9 Å². The molecule has 0 spiro atoms. The van der Waals surface area contributed by atoms with E-state index in [9.17, 15) is 34.5 Å². The lowest BCUT2D eigenvalue weighted by molar-refractivity contribution is -0.302. The number of benzene rings is 1. The van der Waals surface area contributed by atoms with Crippen LogP contribution in [-0.4, -0.2) is 147 Å². The molecular formula is C53H81NO15. The van der Waals surface area contributed by atoms with Gasteiger partial charge in [-0.3, -0.25) is 14.4 Å². The SMILES string of the molecule is CCC1/C=C(\C)CC(C)CC(OC)C2OC(O)(C(=O)C(=O)N3CCCCC3C(=O)OC(C(C)=CC3CCC(OCC(O)c4cc(OC)cc(OC)c4)C(OC)C3)C(C)C(O)CC1=O)C(C)CC2OC. The van der Waals surface area contributed by atoms with Crippen molar-refractivity contribution in [2.75, 3.05) is 48.7 Å². The van der Waals surface area contributed by atoms with E-state index in [-0.39, 0.29) is 62.2 Å². The number of aliphatic hydroxyl groups is 3. The van der Waals surface area contributed by atoms with Crippen molar-refractivity contribution < 1.29 is 72.4 Å². The highest BCUT2D eigenvalue weighted by Gasteiger charge is 2.56. The molecule has 0 aromatic heterocycles. The van der Waals surface area contributed by atoms with Crippen molar-refractivity contribution in [1.82, 2.24) is 4.90 Å². The van der Waals surface area contributed by atoms with E-state index in [0.717, 1.165) is 5.57 Å². The maximum atomic E-state index is 14.6. The molecule has 16 nitrogen and oxygen atoms in total. The number of hydrogen-bond acceptors (Lipinski definition) is 15. The molecule has 16 heteroatoms. The summed E-state index contributed by atoms with van der Waals surface area (Å²) in [6.45, 7) is 11.3. The summed E-state index contributed by atoms with van der Waals surface area (Å²) >= 11 is 0. The van der Waals surface area contributed by atoms with Crippen molar-refractivity contribution >= 4 is 23.4 Å². The van der Waals surface area contributed by atoms with Gasteiger partial charge in [-0.1, -0.05) is 45.4 Å². The van der Waals surface area contributed by atoms with Gasteiger partial charge in [0, 0.05) is 58.1 Å². The summed E-state index contributed by atoms with van der Waals surface area (Å²) in [5.74, 6) is -6.66. The Morgan fingerprint density at radius 1 is 0.870 bits per heavy atom. The summed E-state index contributed by atoms with van der Waals surface area (Å²) in [5.41, 5.74) is 2.22. The first-order valence-corrected chi connectivity index (χ1v) is 25.0. The number of aliphatic hydroxyl groups excluding tert-OH is 2. The third kappa shape index (κ3) is 13.8. The fourth-order valence-electron chi connectivity index (χ4n) is 10.9. The van der Waals surface area contributed by atoms with Crippen LogP contribution in [0.5, 0.6) is 11.5 Å². The first-order chi connectivity index (χ1) is 32.8. The molecule has 15 atom stereocenters. The molecule has 1 aromatic carbocycles. The Balaban J connectivity index is 1.44. The topological polar surface area (TPSA) is 206 Å². The summed E-state index contributed by atoms with van der Waals surface area (Å²) in [7, 11) is 7.76. The molecule has 1 aliphatic carbocycles. The monoisotopic (exact) mass is 972 g/mol. The number of methoxy groups -OCH3 is 5. The van der Waals surface area contributed by atoms with E-state index >= 15 is 0 Å². The Kier molecular flexibility index (Phi) is 20.8. The van der Waals surface area contributed by atoms with Crippen LogP contribution in [0.1, 0.15) is 124 Å². The standard InChI is InChI=1S/C53H81NO15/c1-12-36-20-30(2)19-31(3)21-46(65-10)49-47(66-11)23-33(5)53(61,69-49)50(58)51(59)54-18-14-13-15-40(54)52(60)68-48(34(6)41(55)28-42(36)56)32(4)22-35-16-17-44(45(24-35)64-9)67-29-43(57)37-25-38(62-7)27-39(26-37)63-8/h20,22,25-27,31,33-36,40-41,43-49,55,57,61H,12-19,21,23-24,28-29H2,1-11H3/b30-20+,32-22?. The van der Waals surface area contributed by atoms with Crippen LogP contribution < -0.4 is 9.47 Å². The van der Waals surface area contributed by atoms with E-state index in [1.165, 1.54) is 19.1 Å². The van der Waals surface area contributed by atoms with Crippen LogP contribution in [0, 0.1) is 29.6 Å². The van der Waals surface area contributed by atoms with Gasteiger partial charge in [0.25, 0.3) is 11.7 Å². The molecule has 3 fully saturated rings. The Morgan fingerprint density at radius 2 is 1.52 bits per heavy atom. The fraction of sp³-hybridized carbons (Fsp3) is 0.736. The molecular weight excluding hydrogens is 891 g/mol. The van der Waals surface area contributed by atoms with Gasteiger partial charge < -0.3 is 58.1 Å². The molecule has 69 heavy (non-hydrogen) atoms. The van der Waals surface area contributed by atoms with Crippen molar-refractivity contribution in [3.05, 3.63) is 47.1 Å². The minimum absolute atomic E-state index is 0.0145. The molecule has 2 saturated heterocycles. The second-order valence-electron chi connectivity index (χ2n) is 20.1.